The van der Waals surface area contributed by atoms with Crippen LogP contribution in [0.5, 0.6) is 0 Å². The topological polar surface area (TPSA) is 86.3 Å². The molecule has 5 rings (SSSR count). The molecule has 0 amide bonds. The highest BCUT2D eigenvalue weighted by molar-refractivity contribution is 6.35. The number of rotatable bonds is 2. The molecule has 0 bridgehead atoms. The summed E-state index contributed by atoms with van der Waals surface area (Å²) in [6.07, 6.45) is 0. The lowest BCUT2D eigenvalue weighted by molar-refractivity contribution is -0.383. The average molecular weight is 342 g/mol. The van der Waals surface area contributed by atoms with Crippen molar-refractivity contribution in [3.8, 4) is 0 Å². The number of nitro groups is 2. The fraction of sp³-hybridized carbons (Fsp3) is 0. The van der Waals surface area contributed by atoms with E-state index < -0.39 is 9.85 Å². The zero-order valence-corrected chi connectivity index (χ0v) is 13.3. The highest BCUT2D eigenvalue weighted by Gasteiger charge is 2.22. The third kappa shape index (κ3) is 1.70. The average Bonchev–Trinajstić information content (AvgIpc) is 2.65. The van der Waals surface area contributed by atoms with Crippen molar-refractivity contribution in [2.45, 2.75) is 0 Å². The summed E-state index contributed by atoms with van der Waals surface area (Å²) < 4.78 is 0. The lowest BCUT2D eigenvalue weighted by Gasteiger charge is -2.14. The van der Waals surface area contributed by atoms with Crippen molar-refractivity contribution in [3.05, 3.63) is 80.9 Å². The first-order valence-corrected chi connectivity index (χ1v) is 7.99. The third-order valence-corrected chi connectivity index (χ3v) is 5.01. The zero-order valence-electron chi connectivity index (χ0n) is 13.3. The molecule has 0 radical (unpaired) electrons. The van der Waals surface area contributed by atoms with Crippen LogP contribution in [0.1, 0.15) is 0 Å². The fourth-order valence-electron chi connectivity index (χ4n) is 3.98. The van der Waals surface area contributed by atoms with E-state index in [2.05, 4.69) is 0 Å². The Labute approximate surface area is 145 Å². The summed E-state index contributed by atoms with van der Waals surface area (Å²) in [5.41, 5.74) is 0.00461. The third-order valence-electron chi connectivity index (χ3n) is 5.01. The van der Waals surface area contributed by atoms with Crippen molar-refractivity contribution in [1.82, 2.24) is 0 Å². The summed E-state index contributed by atoms with van der Waals surface area (Å²) in [5, 5.41) is 29.0. The Bertz CT molecular complexity index is 1280. The van der Waals surface area contributed by atoms with E-state index in [4.69, 9.17) is 0 Å². The van der Waals surface area contributed by atoms with Crippen LogP contribution >= 0.6 is 0 Å². The van der Waals surface area contributed by atoms with Crippen LogP contribution in [0.4, 0.5) is 11.4 Å². The Morgan fingerprint density at radius 3 is 1.27 bits per heavy atom. The van der Waals surface area contributed by atoms with Gasteiger partial charge in [-0.05, 0) is 45.8 Å². The Hall–Kier alpha value is -3.80. The van der Waals surface area contributed by atoms with Crippen molar-refractivity contribution < 1.29 is 9.85 Å². The molecule has 0 aliphatic carbocycles. The highest BCUT2D eigenvalue weighted by atomic mass is 16.6. The van der Waals surface area contributed by atoms with E-state index in [0.29, 0.717) is 21.5 Å². The minimum Gasteiger partial charge on any atom is -0.258 e. The summed E-state index contributed by atoms with van der Waals surface area (Å²) >= 11 is 0. The van der Waals surface area contributed by atoms with E-state index in [-0.39, 0.29) is 11.4 Å². The van der Waals surface area contributed by atoms with Crippen molar-refractivity contribution in [2.75, 3.05) is 0 Å². The SMILES string of the molecule is O=[N+]([O-])c1ccc2c3ccccc3c3ccc([N+](=O)[O-])c4ccc1c2c43. The first kappa shape index (κ1) is 14.5. The van der Waals surface area contributed by atoms with E-state index in [1.165, 1.54) is 12.1 Å². The molecule has 26 heavy (non-hydrogen) atoms. The van der Waals surface area contributed by atoms with Gasteiger partial charge in [0.05, 0.1) is 20.6 Å². The van der Waals surface area contributed by atoms with Gasteiger partial charge in [-0.2, -0.15) is 0 Å². The molecule has 0 aromatic heterocycles. The monoisotopic (exact) mass is 342 g/mol. The first-order chi connectivity index (χ1) is 12.6. The summed E-state index contributed by atoms with van der Waals surface area (Å²) in [6, 6.07) is 17.5. The second-order valence-corrected chi connectivity index (χ2v) is 6.23. The van der Waals surface area contributed by atoms with E-state index in [0.717, 1.165) is 21.5 Å². The van der Waals surface area contributed by atoms with Crippen LogP contribution in [-0.4, -0.2) is 9.85 Å². The Morgan fingerprint density at radius 2 is 0.885 bits per heavy atom. The molecule has 0 aliphatic heterocycles. The van der Waals surface area contributed by atoms with Crippen LogP contribution < -0.4 is 0 Å². The molecule has 0 saturated heterocycles. The van der Waals surface area contributed by atoms with Crippen molar-refractivity contribution in [3.63, 3.8) is 0 Å². The molecule has 0 aliphatic rings. The minimum absolute atomic E-state index is 0.00230. The maximum atomic E-state index is 11.5. The van der Waals surface area contributed by atoms with Crippen molar-refractivity contribution >= 4 is 54.5 Å². The lowest BCUT2D eigenvalue weighted by Crippen LogP contribution is -1.95. The van der Waals surface area contributed by atoms with Gasteiger partial charge in [0.2, 0.25) is 0 Å². The maximum Gasteiger partial charge on any atom is 0.277 e. The molecule has 0 fully saturated rings. The second-order valence-electron chi connectivity index (χ2n) is 6.23. The van der Waals surface area contributed by atoms with Crippen molar-refractivity contribution in [2.24, 2.45) is 0 Å². The predicted octanol–water partition coefficient (Wildman–Crippen LogP) is 5.55. The van der Waals surface area contributed by atoms with Gasteiger partial charge >= 0.3 is 0 Å². The zero-order chi connectivity index (χ0) is 18.0. The Balaban J connectivity index is 2.20. The first-order valence-electron chi connectivity index (χ1n) is 7.99. The van der Waals surface area contributed by atoms with E-state index >= 15 is 0 Å². The number of hydrogen-bond acceptors (Lipinski definition) is 4. The molecule has 0 unspecified atom stereocenters. The van der Waals surface area contributed by atoms with Crippen molar-refractivity contribution in [1.29, 1.82) is 0 Å². The van der Waals surface area contributed by atoms with Gasteiger partial charge in [-0.3, -0.25) is 20.2 Å². The van der Waals surface area contributed by atoms with Gasteiger partial charge < -0.3 is 0 Å². The van der Waals surface area contributed by atoms with E-state index in [1.54, 1.807) is 24.3 Å². The molecule has 6 heteroatoms. The van der Waals surface area contributed by atoms with Crippen LogP contribution in [0, 0.1) is 20.2 Å². The standard InChI is InChI=1S/C20H10N2O4/c23-21(24)17-9-7-13-11-3-1-2-4-12(11)14-8-10-18(22(25)26)16-6-5-15(17)19(13)20(14)16/h1-10H. The number of benzene rings is 5. The van der Waals surface area contributed by atoms with Gasteiger partial charge in [-0.25, -0.2) is 0 Å². The molecule has 5 aromatic carbocycles. The normalized spacial score (nSPS) is 11.7. The number of nitro benzene ring substituents is 2. The number of nitrogens with zero attached hydrogens (tertiary/aromatic N) is 2. The highest BCUT2D eigenvalue weighted by Crippen LogP contribution is 2.45. The van der Waals surface area contributed by atoms with E-state index in [9.17, 15) is 20.2 Å². The van der Waals surface area contributed by atoms with Crippen LogP contribution in [0.3, 0.4) is 0 Å². The van der Waals surface area contributed by atoms with Gasteiger partial charge in [-0.15, -0.1) is 0 Å². The van der Waals surface area contributed by atoms with Crippen LogP contribution in [0.25, 0.3) is 43.1 Å². The molecular weight excluding hydrogens is 332 g/mol. The fourth-order valence-corrected chi connectivity index (χ4v) is 3.98. The summed E-state index contributed by atoms with van der Waals surface area (Å²) in [4.78, 5) is 22.1. The number of hydrogen-bond donors (Lipinski definition) is 0. The smallest absolute Gasteiger partial charge is 0.258 e. The molecule has 5 aromatic rings. The van der Waals surface area contributed by atoms with Gasteiger partial charge in [0.25, 0.3) is 11.4 Å². The largest absolute Gasteiger partial charge is 0.277 e. The number of non-ortho nitro benzene ring substituents is 2. The molecule has 0 atom stereocenters. The Morgan fingerprint density at radius 1 is 0.500 bits per heavy atom. The van der Waals surface area contributed by atoms with Gasteiger partial charge in [0.15, 0.2) is 0 Å². The lowest BCUT2D eigenvalue weighted by atomic mass is 9.88. The van der Waals surface area contributed by atoms with E-state index in [1.807, 2.05) is 24.3 Å². The summed E-state index contributed by atoms with van der Waals surface area (Å²) in [5.74, 6) is 0. The molecular formula is C20H10N2O4. The summed E-state index contributed by atoms with van der Waals surface area (Å²) in [7, 11) is 0. The molecule has 0 saturated carbocycles. The second kappa shape index (κ2) is 4.86. The van der Waals surface area contributed by atoms with Crippen LogP contribution in [-0.2, 0) is 0 Å². The van der Waals surface area contributed by atoms with Gasteiger partial charge in [0, 0.05) is 22.9 Å². The van der Waals surface area contributed by atoms with Gasteiger partial charge in [-0.1, -0.05) is 24.3 Å². The molecule has 0 heterocycles. The quantitative estimate of drug-likeness (QED) is 0.182. The molecule has 0 N–H and O–H groups in total. The van der Waals surface area contributed by atoms with Gasteiger partial charge in [0.1, 0.15) is 0 Å². The molecule has 6 nitrogen and oxygen atoms in total. The molecule has 124 valence electrons. The number of fused-ring (bicyclic) bond motifs is 3. The van der Waals surface area contributed by atoms with Crippen LogP contribution in [0.15, 0.2) is 60.7 Å². The predicted molar refractivity (Wildman–Crippen MR) is 101 cm³/mol. The molecule has 0 spiro atoms. The minimum atomic E-state index is -0.414. The maximum absolute atomic E-state index is 11.5. The summed E-state index contributed by atoms with van der Waals surface area (Å²) in [6.45, 7) is 0. The Kier molecular flexibility index (Phi) is 2.72. The van der Waals surface area contributed by atoms with Crippen LogP contribution in [0.2, 0.25) is 0 Å².